The van der Waals surface area contributed by atoms with Gasteiger partial charge in [0.1, 0.15) is 0 Å². The third-order valence-electron chi connectivity index (χ3n) is 4.29. The summed E-state index contributed by atoms with van der Waals surface area (Å²) in [5.41, 5.74) is 7.21. The van der Waals surface area contributed by atoms with E-state index in [0.29, 0.717) is 6.04 Å². The van der Waals surface area contributed by atoms with Gasteiger partial charge in [-0.2, -0.15) is 11.8 Å². The quantitative estimate of drug-likeness (QED) is 0.857. The number of carbonyl (C=O) groups is 1. The molecule has 0 saturated carbocycles. The molecule has 2 heterocycles. The highest BCUT2D eigenvalue weighted by atomic mass is 32.2. The monoisotopic (exact) mass is 322 g/mol. The van der Waals surface area contributed by atoms with Gasteiger partial charge in [-0.05, 0) is 37.0 Å². The van der Waals surface area contributed by atoms with Crippen molar-refractivity contribution in [2.75, 3.05) is 38.2 Å². The molecule has 0 aromatic carbocycles. The molecule has 5 nitrogen and oxygen atoms in total. The van der Waals surface area contributed by atoms with Crippen LogP contribution in [0.25, 0.3) is 0 Å². The summed E-state index contributed by atoms with van der Waals surface area (Å²) in [6.07, 6.45) is 6.51. The molecular weight excluding hydrogens is 296 g/mol. The molecule has 1 fully saturated rings. The first-order chi connectivity index (χ1) is 10.6. The van der Waals surface area contributed by atoms with Crippen molar-refractivity contribution in [1.29, 1.82) is 0 Å². The molecule has 6 heteroatoms. The van der Waals surface area contributed by atoms with Gasteiger partial charge >= 0.3 is 0 Å². The summed E-state index contributed by atoms with van der Waals surface area (Å²) in [7, 11) is 0. The second-order valence-corrected chi connectivity index (χ2v) is 6.70. The molecule has 1 unspecified atom stereocenters. The van der Waals surface area contributed by atoms with Crippen LogP contribution in [0.3, 0.4) is 0 Å². The van der Waals surface area contributed by atoms with Crippen LogP contribution in [-0.2, 0) is 4.79 Å². The Morgan fingerprint density at radius 1 is 1.41 bits per heavy atom. The maximum absolute atomic E-state index is 12.3. The smallest absolute Gasteiger partial charge is 0.239 e. The predicted octanol–water partition coefficient (Wildman–Crippen LogP) is 1.37. The van der Waals surface area contributed by atoms with Crippen LogP contribution in [-0.4, -0.2) is 64.9 Å². The number of nitrogens with zero attached hydrogens (tertiary/aromatic N) is 3. The van der Waals surface area contributed by atoms with Gasteiger partial charge in [0.25, 0.3) is 0 Å². The number of aromatic nitrogens is 1. The summed E-state index contributed by atoms with van der Waals surface area (Å²) in [6.45, 7) is 5.49. The molecule has 122 valence electrons. The predicted molar refractivity (Wildman–Crippen MR) is 91.8 cm³/mol. The maximum atomic E-state index is 12.3. The number of amides is 1. The number of nitrogens with two attached hydrogens (primary N) is 1. The highest BCUT2D eigenvalue weighted by Crippen LogP contribution is 2.20. The van der Waals surface area contributed by atoms with Gasteiger partial charge in [-0.1, -0.05) is 6.07 Å². The Hall–Kier alpha value is -1.11. The molecule has 2 N–H and O–H groups in total. The van der Waals surface area contributed by atoms with E-state index >= 15 is 0 Å². The number of rotatable bonds is 6. The zero-order chi connectivity index (χ0) is 15.9. The Morgan fingerprint density at radius 2 is 2.14 bits per heavy atom. The van der Waals surface area contributed by atoms with E-state index in [1.807, 2.05) is 23.4 Å². The standard InChI is InChI=1S/C16H26N4OS/c1-13(14-4-3-6-18-12-14)19-7-9-20(10-8-19)16(21)15(17)5-11-22-2/h3-4,6,12-13,15H,5,7-11,17H2,1-2H3/t13?,15-/m0/s1. The first kappa shape index (κ1) is 17.2. The van der Waals surface area contributed by atoms with Gasteiger partial charge in [-0.25, -0.2) is 0 Å². The molecule has 1 aliphatic heterocycles. The van der Waals surface area contributed by atoms with E-state index in [1.165, 1.54) is 5.56 Å². The summed E-state index contributed by atoms with van der Waals surface area (Å²) in [5, 5.41) is 0. The van der Waals surface area contributed by atoms with Crippen molar-refractivity contribution in [1.82, 2.24) is 14.8 Å². The van der Waals surface area contributed by atoms with Crippen molar-refractivity contribution in [3.05, 3.63) is 30.1 Å². The molecule has 1 saturated heterocycles. The molecule has 2 rings (SSSR count). The summed E-state index contributed by atoms with van der Waals surface area (Å²) < 4.78 is 0. The lowest BCUT2D eigenvalue weighted by Crippen LogP contribution is -2.53. The fourth-order valence-electron chi connectivity index (χ4n) is 2.77. The number of piperazine rings is 1. The van der Waals surface area contributed by atoms with Gasteiger partial charge in [0.15, 0.2) is 0 Å². The molecule has 1 aliphatic rings. The Labute approximate surface area is 137 Å². The van der Waals surface area contributed by atoms with Gasteiger partial charge in [-0.15, -0.1) is 0 Å². The highest BCUT2D eigenvalue weighted by Gasteiger charge is 2.27. The van der Waals surface area contributed by atoms with Crippen molar-refractivity contribution < 1.29 is 4.79 Å². The average Bonchev–Trinajstić information content (AvgIpc) is 2.59. The highest BCUT2D eigenvalue weighted by molar-refractivity contribution is 7.98. The van der Waals surface area contributed by atoms with E-state index in [9.17, 15) is 4.79 Å². The number of hydrogen-bond donors (Lipinski definition) is 1. The number of hydrogen-bond acceptors (Lipinski definition) is 5. The lowest BCUT2D eigenvalue weighted by Gasteiger charge is -2.39. The van der Waals surface area contributed by atoms with E-state index in [-0.39, 0.29) is 11.9 Å². The summed E-state index contributed by atoms with van der Waals surface area (Å²) in [4.78, 5) is 20.8. The Balaban J connectivity index is 1.84. The fraction of sp³-hybridized carbons (Fsp3) is 0.625. The minimum atomic E-state index is -0.352. The van der Waals surface area contributed by atoms with Gasteiger partial charge in [0.05, 0.1) is 6.04 Å². The van der Waals surface area contributed by atoms with E-state index in [0.717, 1.165) is 38.4 Å². The first-order valence-corrected chi connectivity index (χ1v) is 9.20. The number of pyridine rings is 1. The molecule has 0 bridgehead atoms. The van der Waals surface area contributed by atoms with Crippen LogP contribution >= 0.6 is 11.8 Å². The van der Waals surface area contributed by atoms with Gasteiger partial charge in [0.2, 0.25) is 5.91 Å². The molecule has 1 aromatic rings. The Bertz CT molecular complexity index is 462. The van der Waals surface area contributed by atoms with E-state index in [1.54, 1.807) is 18.0 Å². The third kappa shape index (κ3) is 4.44. The van der Waals surface area contributed by atoms with Crippen molar-refractivity contribution >= 4 is 17.7 Å². The number of carbonyl (C=O) groups excluding carboxylic acids is 1. The number of thioether (sulfide) groups is 1. The van der Waals surface area contributed by atoms with Gasteiger partial charge < -0.3 is 10.6 Å². The minimum Gasteiger partial charge on any atom is -0.339 e. The van der Waals surface area contributed by atoms with E-state index in [4.69, 9.17) is 5.73 Å². The zero-order valence-corrected chi connectivity index (χ0v) is 14.3. The Kier molecular flexibility index (Phi) is 6.67. The minimum absolute atomic E-state index is 0.0998. The second kappa shape index (κ2) is 8.50. The van der Waals surface area contributed by atoms with Crippen LogP contribution in [0.4, 0.5) is 0 Å². The van der Waals surface area contributed by atoms with Crippen LogP contribution in [0.1, 0.15) is 24.9 Å². The molecule has 0 spiro atoms. The van der Waals surface area contributed by atoms with Crippen molar-refractivity contribution in [2.24, 2.45) is 5.73 Å². The first-order valence-electron chi connectivity index (χ1n) is 7.80. The topological polar surface area (TPSA) is 62.5 Å². The largest absolute Gasteiger partial charge is 0.339 e. The molecule has 0 aliphatic carbocycles. The van der Waals surface area contributed by atoms with Crippen molar-refractivity contribution in [3.63, 3.8) is 0 Å². The molecular formula is C16H26N4OS. The summed E-state index contributed by atoms with van der Waals surface area (Å²) in [5.74, 6) is 1.04. The third-order valence-corrected chi connectivity index (χ3v) is 4.93. The average molecular weight is 322 g/mol. The molecule has 22 heavy (non-hydrogen) atoms. The SMILES string of the molecule is CSCC[C@H](N)C(=O)N1CCN(C(C)c2cccnc2)CC1. The lowest BCUT2D eigenvalue weighted by atomic mass is 10.1. The molecule has 0 radical (unpaired) electrons. The maximum Gasteiger partial charge on any atom is 0.239 e. The molecule has 2 atom stereocenters. The van der Waals surface area contributed by atoms with Gasteiger partial charge in [-0.3, -0.25) is 14.7 Å². The van der Waals surface area contributed by atoms with Crippen LogP contribution in [0.2, 0.25) is 0 Å². The van der Waals surface area contributed by atoms with Crippen LogP contribution < -0.4 is 5.73 Å². The normalized spacial score (nSPS) is 19.0. The van der Waals surface area contributed by atoms with Crippen molar-refractivity contribution in [3.8, 4) is 0 Å². The van der Waals surface area contributed by atoms with Crippen LogP contribution in [0.15, 0.2) is 24.5 Å². The molecule has 1 amide bonds. The van der Waals surface area contributed by atoms with Crippen LogP contribution in [0, 0.1) is 0 Å². The van der Waals surface area contributed by atoms with Crippen LogP contribution in [0.5, 0.6) is 0 Å². The summed E-state index contributed by atoms with van der Waals surface area (Å²) in [6, 6.07) is 4.05. The van der Waals surface area contributed by atoms with E-state index in [2.05, 4.69) is 22.9 Å². The fourth-order valence-corrected chi connectivity index (χ4v) is 3.26. The second-order valence-electron chi connectivity index (χ2n) is 5.71. The van der Waals surface area contributed by atoms with Gasteiger partial charge in [0, 0.05) is 44.6 Å². The van der Waals surface area contributed by atoms with E-state index < -0.39 is 0 Å². The summed E-state index contributed by atoms with van der Waals surface area (Å²) >= 11 is 1.73. The van der Waals surface area contributed by atoms with Crippen molar-refractivity contribution in [2.45, 2.75) is 25.4 Å². The Morgan fingerprint density at radius 3 is 2.73 bits per heavy atom. The molecule has 1 aromatic heterocycles. The zero-order valence-electron chi connectivity index (χ0n) is 13.4. The lowest BCUT2D eigenvalue weighted by molar-refractivity contribution is -0.134.